The van der Waals surface area contributed by atoms with E-state index in [-0.39, 0.29) is 17.0 Å². The summed E-state index contributed by atoms with van der Waals surface area (Å²) in [6.45, 7) is 3.66. The molecular weight excluding hydrogens is 463 g/mol. The van der Waals surface area contributed by atoms with Gasteiger partial charge in [-0.15, -0.1) is 0 Å². The first-order chi connectivity index (χ1) is 14.5. The standard InChI is InChI=1S/C28H28OP.BrH/c1-28(2,29)24-20-18-23(19-21-24)22-30(25-12-6-3-7-13-25,26-14-8-4-9-15-26)27-16-10-5-11-17-27;/h3-21,29H,22H2,1-2H3;1H/q+1;/p-1. The molecule has 4 aromatic carbocycles. The molecule has 4 aromatic rings. The second-order valence-electron chi connectivity index (χ2n) is 8.23. The van der Waals surface area contributed by atoms with Gasteiger partial charge in [-0.25, -0.2) is 0 Å². The molecule has 158 valence electrons. The topological polar surface area (TPSA) is 20.2 Å². The second-order valence-corrected chi connectivity index (χ2v) is 11.7. The normalized spacial score (nSPS) is 11.6. The Bertz CT molecular complexity index is 976. The Morgan fingerprint density at radius 1 is 0.581 bits per heavy atom. The van der Waals surface area contributed by atoms with Gasteiger partial charge in [0.25, 0.3) is 0 Å². The average Bonchev–Trinajstić information content (AvgIpc) is 2.79. The van der Waals surface area contributed by atoms with E-state index in [1.807, 2.05) is 13.8 Å². The highest BCUT2D eigenvalue weighted by molar-refractivity contribution is 7.95. The molecule has 0 aliphatic heterocycles. The van der Waals surface area contributed by atoms with Crippen molar-refractivity contribution in [3.63, 3.8) is 0 Å². The molecule has 0 saturated carbocycles. The number of aliphatic hydroxyl groups is 1. The van der Waals surface area contributed by atoms with Gasteiger partial charge in [0.1, 0.15) is 23.2 Å². The summed E-state index contributed by atoms with van der Waals surface area (Å²) in [7, 11) is -1.89. The van der Waals surface area contributed by atoms with Crippen LogP contribution in [0.4, 0.5) is 0 Å². The number of halogens is 1. The molecule has 0 aliphatic rings. The molecule has 0 spiro atoms. The monoisotopic (exact) mass is 490 g/mol. The van der Waals surface area contributed by atoms with Gasteiger partial charge in [-0.1, -0.05) is 78.9 Å². The molecule has 0 aromatic heterocycles. The van der Waals surface area contributed by atoms with Crippen LogP contribution in [-0.4, -0.2) is 5.11 Å². The van der Waals surface area contributed by atoms with Crippen LogP contribution in [-0.2, 0) is 11.8 Å². The molecule has 0 radical (unpaired) electrons. The zero-order valence-corrected chi connectivity index (χ0v) is 20.4. The van der Waals surface area contributed by atoms with Crippen molar-refractivity contribution in [3.05, 3.63) is 126 Å². The van der Waals surface area contributed by atoms with Crippen molar-refractivity contribution in [2.75, 3.05) is 0 Å². The van der Waals surface area contributed by atoms with E-state index >= 15 is 0 Å². The van der Waals surface area contributed by atoms with E-state index in [1.54, 1.807) is 0 Å². The molecule has 0 saturated heterocycles. The van der Waals surface area contributed by atoms with Crippen LogP contribution in [0.1, 0.15) is 25.0 Å². The Balaban J connectivity index is 0.00000272. The van der Waals surface area contributed by atoms with Gasteiger partial charge in [0.05, 0.1) is 11.8 Å². The lowest BCUT2D eigenvalue weighted by Crippen LogP contribution is -3.00. The van der Waals surface area contributed by atoms with Crippen molar-refractivity contribution in [2.24, 2.45) is 0 Å². The van der Waals surface area contributed by atoms with Gasteiger partial charge < -0.3 is 22.1 Å². The zero-order chi connectivity index (χ0) is 21.0. The molecule has 3 heteroatoms. The fourth-order valence-electron chi connectivity index (χ4n) is 4.06. The van der Waals surface area contributed by atoms with Crippen molar-refractivity contribution in [3.8, 4) is 0 Å². The molecule has 0 unspecified atom stereocenters. The first kappa shape index (κ1) is 23.4. The Morgan fingerprint density at radius 3 is 1.26 bits per heavy atom. The predicted octanol–water partition coefficient (Wildman–Crippen LogP) is 2.41. The van der Waals surface area contributed by atoms with Crippen LogP contribution >= 0.6 is 7.26 Å². The largest absolute Gasteiger partial charge is 1.00 e. The SMILES string of the molecule is CC(C)(O)c1ccc(C[P+](c2ccccc2)(c2ccccc2)c2ccccc2)cc1.[Br-]. The fourth-order valence-corrected chi connectivity index (χ4v) is 8.30. The molecule has 4 rings (SSSR count). The van der Waals surface area contributed by atoms with Gasteiger partial charge in [-0.2, -0.15) is 0 Å². The summed E-state index contributed by atoms with van der Waals surface area (Å²) in [5.74, 6) is 0. The third kappa shape index (κ3) is 4.99. The summed E-state index contributed by atoms with van der Waals surface area (Å²) < 4.78 is 0. The molecule has 31 heavy (non-hydrogen) atoms. The number of hydrogen-bond acceptors (Lipinski definition) is 1. The van der Waals surface area contributed by atoms with Gasteiger partial charge in [0.2, 0.25) is 0 Å². The van der Waals surface area contributed by atoms with Crippen molar-refractivity contribution in [1.82, 2.24) is 0 Å². The molecule has 0 fully saturated rings. The molecule has 0 amide bonds. The van der Waals surface area contributed by atoms with Crippen molar-refractivity contribution in [2.45, 2.75) is 25.6 Å². The second kappa shape index (κ2) is 9.92. The molecule has 0 atom stereocenters. The maximum Gasteiger partial charge on any atom is 0.116 e. The van der Waals surface area contributed by atoms with Crippen LogP contribution in [0.15, 0.2) is 115 Å². The van der Waals surface area contributed by atoms with Crippen molar-refractivity contribution < 1.29 is 22.1 Å². The zero-order valence-electron chi connectivity index (χ0n) is 17.9. The van der Waals surface area contributed by atoms with Crippen molar-refractivity contribution in [1.29, 1.82) is 0 Å². The number of rotatable bonds is 6. The minimum absolute atomic E-state index is 0. The molecular formula is C28H28BrOP. The maximum absolute atomic E-state index is 10.4. The molecule has 0 aliphatic carbocycles. The molecule has 0 bridgehead atoms. The third-order valence-corrected chi connectivity index (χ3v) is 10.0. The highest BCUT2D eigenvalue weighted by Gasteiger charge is 2.45. The van der Waals surface area contributed by atoms with Gasteiger partial charge in [-0.3, -0.25) is 0 Å². The summed E-state index contributed by atoms with van der Waals surface area (Å²) in [5, 5.41) is 14.5. The Labute approximate surface area is 196 Å². The lowest BCUT2D eigenvalue weighted by Gasteiger charge is -2.28. The van der Waals surface area contributed by atoms with E-state index in [9.17, 15) is 5.11 Å². The summed E-state index contributed by atoms with van der Waals surface area (Å²) in [5.41, 5.74) is 1.39. The summed E-state index contributed by atoms with van der Waals surface area (Å²) >= 11 is 0. The minimum atomic E-state index is -1.89. The van der Waals surface area contributed by atoms with E-state index in [0.717, 1.165) is 11.7 Å². The Morgan fingerprint density at radius 2 is 0.935 bits per heavy atom. The van der Waals surface area contributed by atoms with Gasteiger partial charge in [-0.05, 0) is 61.4 Å². The molecule has 1 N–H and O–H groups in total. The van der Waals surface area contributed by atoms with Crippen LogP contribution in [0.5, 0.6) is 0 Å². The lowest BCUT2D eigenvalue weighted by molar-refractivity contribution is -0.0000129. The van der Waals surface area contributed by atoms with Crippen LogP contribution in [0.3, 0.4) is 0 Å². The molecule has 0 heterocycles. The Hall–Kier alpha value is -2.25. The Kier molecular flexibility index (Phi) is 7.49. The van der Waals surface area contributed by atoms with Crippen LogP contribution in [0.2, 0.25) is 0 Å². The van der Waals surface area contributed by atoms with E-state index in [1.165, 1.54) is 21.5 Å². The van der Waals surface area contributed by atoms with Gasteiger partial charge in [0, 0.05) is 0 Å². The lowest BCUT2D eigenvalue weighted by atomic mass is 9.98. The smallest absolute Gasteiger partial charge is 0.116 e. The highest BCUT2D eigenvalue weighted by atomic mass is 79.9. The number of benzene rings is 4. The van der Waals surface area contributed by atoms with E-state index in [4.69, 9.17) is 0 Å². The van der Waals surface area contributed by atoms with Gasteiger partial charge in [0.15, 0.2) is 0 Å². The van der Waals surface area contributed by atoms with E-state index in [2.05, 4.69) is 115 Å². The first-order valence-electron chi connectivity index (χ1n) is 10.4. The van der Waals surface area contributed by atoms with Crippen LogP contribution in [0.25, 0.3) is 0 Å². The minimum Gasteiger partial charge on any atom is -1.00 e. The highest BCUT2D eigenvalue weighted by Crippen LogP contribution is 2.58. The van der Waals surface area contributed by atoms with E-state index < -0.39 is 12.9 Å². The third-order valence-electron chi connectivity index (χ3n) is 5.67. The van der Waals surface area contributed by atoms with Crippen LogP contribution in [0, 0.1) is 0 Å². The van der Waals surface area contributed by atoms with E-state index in [0.29, 0.717) is 0 Å². The van der Waals surface area contributed by atoms with Gasteiger partial charge >= 0.3 is 0 Å². The quantitative estimate of drug-likeness (QED) is 0.411. The molecule has 1 nitrogen and oxygen atoms in total. The fraction of sp³-hybridized carbons (Fsp3) is 0.143. The van der Waals surface area contributed by atoms with Crippen molar-refractivity contribution >= 4 is 23.2 Å². The summed E-state index contributed by atoms with van der Waals surface area (Å²) in [4.78, 5) is 0. The average molecular weight is 491 g/mol. The maximum atomic E-state index is 10.4. The predicted molar refractivity (Wildman–Crippen MR) is 131 cm³/mol. The first-order valence-corrected chi connectivity index (χ1v) is 12.3. The number of hydrogen-bond donors (Lipinski definition) is 1. The summed E-state index contributed by atoms with van der Waals surface area (Å²) in [6.07, 6.45) is 0.942. The van der Waals surface area contributed by atoms with Crippen LogP contribution < -0.4 is 32.9 Å². The summed E-state index contributed by atoms with van der Waals surface area (Å²) in [6, 6.07) is 41.3.